The number of para-hydroxylation sites is 1. The fourth-order valence-corrected chi connectivity index (χ4v) is 4.74. The normalized spacial score (nSPS) is 14.1. The largest absolute Gasteiger partial charge is 0.338 e. The number of nitrogens with zero attached hydrogens (tertiary/aromatic N) is 6. The van der Waals surface area contributed by atoms with Crippen LogP contribution in [0.3, 0.4) is 0 Å². The number of hydrogen-bond donors (Lipinski definition) is 0. The number of rotatable bonds is 3. The molecule has 0 aliphatic carbocycles. The van der Waals surface area contributed by atoms with Crippen LogP contribution in [0.5, 0.6) is 0 Å². The minimum absolute atomic E-state index is 0.0750. The van der Waals surface area contributed by atoms with Crippen molar-refractivity contribution >= 4 is 28.4 Å². The second-order valence-electron chi connectivity index (χ2n) is 9.13. The molecule has 1 fully saturated rings. The maximum absolute atomic E-state index is 13.0. The van der Waals surface area contributed by atoms with Gasteiger partial charge in [-0.15, -0.1) is 10.2 Å². The third-order valence-corrected chi connectivity index (χ3v) is 6.65. The van der Waals surface area contributed by atoms with E-state index in [0.717, 1.165) is 50.6 Å². The fraction of sp³-hybridized carbons (Fsp3) is 0.214. The lowest BCUT2D eigenvalue weighted by atomic mass is 10.1. The van der Waals surface area contributed by atoms with Gasteiger partial charge >= 0.3 is 0 Å². The second-order valence-corrected chi connectivity index (χ2v) is 9.13. The van der Waals surface area contributed by atoms with Gasteiger partial charge in [-0.05, 0) is 44.2 Å². The highest BCUT2D eigenvalue weighted by Crippen LogP contribution is 2.29. The number of piperazine rings is 1. The highest BCUT2D eigenvalue weighted by molar-refractivity contribution is 5.95. The summed E-state index contributed by atoms with van der Waals surface area (Å²) in [6.45, 7) is 6.73. The van der Waals surface area contributed by atoms with Crippen molar-refractivity contribution in [2.24, 2.45) is 0 Å². The van der Waals surface area contributed by atoms with Crippen LogP contribution in [0, 0.1) is 13.8 Å². The Bertz CT molecular complexity index is 1550. The van der Waals surface area contributed by atoms with Crippen LogP contribution in [-0.4, -0.2) is 56.6 Å². The third kappa shape index (κ3) is 3.79. The zero-order valence-corrected chi connectivity index (χ0v) is 19.8. The average molecular weight is 463 g/mol. The molecule has 1 amide bonds. The van der Waals surface area contributed by atoms with E-state index in [-0.39, 0.29) is 5.91 Å². The van der Waals surface area contributed by atoms with Crippen molar-refractivity contribution < 1.29 is 4.79 Å². The molecular weight excluding hydrogens is 436 g/mol. The van der Waals surface area contributed by atoms with Gasteiger partial charge in [-0.1, -0.05) is 53.6 Å². The molecule has 0 spiro atoms. The highest BCUT2D eigenvalue weighted by atomic mass is 16.2. The van der Waals surface area contributed by atoms with Gasteiger partial charge in [0.05, 0.1) is 5.52 Å². The molecule has 0 N–H and O–H groups in total. The zero-order valence-electron chi connectivity index (χ0n) is 19.8. The Hall–Kier alpha value is -4.26. The first-order valence-corrected chi connectivity index (χ1v) is 11.9. The molecule has 0 atom stereocenters. The smallest absolute Gasteiger partial charge is 0.253 e. The lowest BCUT2D eigenvalue weighted by molar-refractivity contribution is 0.0746. The average Bonchev–Trinajstić information content (AvgIpc) is 3.34. The molecular formula is C28H26N6O. The van der Waals surface area contributed by atoms with E-state index in [2.05, 4.69) is 44.6 Å². The van der Waals surface area contributed by atoms with Crippen molar-refractivity contribution in [1.82, 2.24) is 24.5 Å². The SMILES string of the molecule is Cc1ccc(C(=O)N2CCN(c3nc4ccccc4c4nnc(-c5cccc(C)c5)n34)CC2)cc1. The highest BCUT2D eigenvalue weighted by Gasteiger charge is 2.26. The Morgan fingerprint density at radius 1 is 0.800 bits per heavy atom. The summed E-state index contributed by atoms with van der Waals surface area (Å²) in [4.78, 5) is 22.2. The molecule has 6 rings (SSSR count). The second kappa shape index (κ2) is 8.51. The van der Waals surface area contributed by atoms with Crippen LogP contribution in [0.4, 0.5) is 5.95 Å². The van der Waals surface area contributed by atoms with E-state index < -0.39 is 0 Å². The lowest BCUT2D eigenvalue weighted by Gasteiger charge is -2.35. The summed E-state index contributed by atoms with van der Waals surface area (Å²) in [7, 11) is 0. The molecule has 0 radical (unpaired) electrons. The summed E-state index contributed by atoms with van der Waals surface area (Å²) < 4.78 is 2.06. The summed E-state index contributed by atoms with van der Waals surface area (Å²) in [5.74, 6) is 1.66. The number of aryl methyl sites for hydroxylation is 2. The Morgan fingerprint density at radius 3 is 2.34 bits per heavy atom. The van der Waals surface area contributed by atoms with E-state index in [4.69, 9.17) is 4.98 Å². The van der Waals surface area contributed by atoms with E-state index in [9.17, 15) is 4.79 Å². The van der Waals surface area contributed by atoms with Crippen LogP contribution in [0.25, 0.3) is 27.9 Å². The van der Waals surface area contributed by atoms with Gasteiger partial charge in [0.2, 0.25) is 5.95 Å². The van der Waals surface area contributed by atoms with Gasteiger partial charge < -0.3 is 9.80 Å². The van der Waals surface area contributed by atoms with E-state index in [0.29, 0.717) is 26.2 Å². The van der Waals surface area contributed by atoms with Gasteiger partial charge in [0.25, 0.3) is 5.91 Å². The number of amides is 1. The van der Waals surface area contributed by atoms with E-state index >= 15 is 0 Å². The van der Waals surface area contributed by atoms with Gasteiger partial charge in [-0.25, -0.2) is 9.38 Å². The molecule has 0 unspecified atom stereocenters. The topological polar surface area (TPSA) is 66.6 Å². The van der Waals surface area contributed by atoms with Crippen LogP contribution in [-0.2, 0) is 0 Å². The summed E-state index contributed by atoms with van der Waals surface area (Å²) in [5.41, 5.74) is 5.73. The molecule has 1 aliphatic rings. The molecule has 3 heterocycles. The van der Waals surface area contributed by atoms with Gasteiger partial charge in [-0.2, -0.15) is 0 Å². The van der Waals surface area contributed by atoms with E-state index in [1.165, 1.54) is 0 Å². The van der Waals surface area contributed by atoms with Gasteiger partial charge in [0.1, 0.15) is 0 Å². The summed E-state index contributed by atoms with van der Waals surface area (Å²) >= 11 is 0. The number of carbonyl (C=O) groups excluding carboxylic acids is 1. The Morgan fingerprint density at radius 2 is 1.57 bits per heavy atom. The molecule has 7 nitrogen and oxygen atoms in total. The van der Waals surface area contributed by atoms with Crippen LogP contribution >= 0.6 is 0 Å². The first kappa shape index (κ1) is 21.3. The number of aromatic nitrogens is 4. The molecule has 2 aromatic heterocycles. The number of fused-ring (bicyclic) bond motifs is 3. The van der Waals surface area contributed by atoms with Crippen molar-refractivity contribution in [3.8, 4) is 11.4 Å². The molecule has 0 bridgehead atoms. The molecule has 0 saturated carbocycles. The van der Waals surface area contributed by atoms with Gasteiger partial charge in [0, 0.05) is 42.7 Å². The predicted molar refractivity (Wildman–Crippen MR) is 138 cm³/mol. The first-order valence-electron chi connectivity index (χ1n) is 11.9. The van der Waals surface area contributed by atoms with Crippen molar-refractivity contribution in [2.45, 2.75) is 13.8 Å². The Labute approximate surface area is 203 Å². The third-order valence-electron chi connectivity index (χ3n) is 6.65. The summed E-state index contributed by atoms with van der Waals surface area (Å²) in [6, 6.07) is 24.1. The molecule has 35 heavy (non-hydrogen) atoms. The number of anilines is 1. The molecule has 174 valence electrons. The number of benzene rings is 3. The van der Waals surface area contributed by atoms with Gasteiger partial charge in [0.15, 0.2) is 11.5 Å². The zero-order chi connectivity index (χ0) is 23.9. The van der Waals surface area contributed by atoms with E-state index in [1.807, 2.05) is 66.4 Å². The van der Waals surface area contributed by atoms with Crippen molar-refractivity contribution in [2.75, 3.05) is 31.1 Å². The predicted octanol–water partition coefficient (Wildman–Crippen LogP) is 4.52. The molecule has 7 heteroatoms. The quantitative estimate of drug-likeness (QED) is 0.394. The summed E-state index contributed by atoms with van der Waals surface area (Å²) in [6.07, 6.45) is 0. The molecule has 1 aliphatic heterocycles. The van der Waals surface area contributed by atoms with E-state index in [1.54, 1.807) is 0 Å². The van der Waals surface area contributed by atoms with Crippen LogP contribution in [0.15, 0.2) is 72.8 Å². The maximum Gasteiger partial charge on any atom is 0.253 e. The van der Waals surface area contributed by atoms with Crippen LogP contribution in [0.2, 0.25) is 0 Å². The molecule has 3 aromatic carbocycles. The number of hydrogen-bond acceptors (Lipinski definition) is 5. The van der Waals surface area contributed by atoms with Crippen LogP contribution in [0.1, 0.15) is 21.5 Å². The van der Waals surface area contributed by atoms with Gasteiger partial charge in [-0.3, -0.25) is 4.79 Å². The molecule has 5 aromatic rings. The molecule has 1 saturated heterocycles. The Kier molecular flexibility index (Phi) is 5.17. The monoisotopic (exact) mass is 462 g/mol. The maximum atomic E-state index is 13.0. The lowest BCUT2D eigenvalue weighted by Crippen LogP contribution is -2.49. The van der Waals surface area contributed by atoms with Crippen molar-refractivity contribution in [3.63, 3.8) is 0 Å². The standard InChI is InChI=1S/C28H26N6O/c1-19-10-12-21(13-11-19)27(35)32-14-16-33(17-15-32)28-29-24-9-4-3-8-23(24)26-31-30-25(34(26)28)22-7-5-6-20(2)18-22/h3-13,18H,14-17H2,1-2H3. The summed E-state index contributed by atoms with van der Waals surface area (Å²) in [5, 5.41) is 10.1. The van der Waals surface area contributed by atoms with Crippen LogP contribution < -0.4 is 4.90 Å². The minimum Gasteiger partial charge on any atom is -0.338 e. The minimum atomic E-state index is 0.0750. The first-order chi connectivity index (χ1) is 17.1. The van der Waals surface area contributed by atoms with Crippen molar-refractivity contribution in [3.05, 3.63) is 89.5 Å². The fourth-order valence-electron chi connectivity index (χ4n) is 4.74. The number of carbonyl (C=O) groups is 1. The Balaban J connectivity index is 1.38. The van der Waals surface area contributed by atoms with Crippen molar-refractivity contribution in [1.29, 1.82) is 0 Å².